The van der Waals surface area contributed by atoms with Crippen LogP contribution in [0.2, 0.25) is 0 Å². The zero-order chi connectivity index (χ0) is 13.9. The third-order valence-corrected chi connectivity index (χ3v) is 3.21. The molecule has 0 aliphatic heterocycles. The Labute approximate surface area is 116 Å². The molecule has 3 nitrogen and oxygen atoms in total. The molecular weight excluding hydrogens is 238 g/mol. The van der Waals surface area contributed by atoms with E-state index in [1.54, 1.807) is 6.07 Å². The van der Waals surface area contributed by atoms with Crippen molar-refractivity contribution in [3.63, 3.8) is 0 Å². The van der Waals surface area contributed by atoms with Crippen LogP contribution in [-0.2, 0) is 4.74 Å². The van der Waals surface area contributed by atoms with Gasteiger partial charge in [0.25, 0.3) is 0 Å². The van der Waals surface area contributed by atoms with Crippen molar-refractivity contribution in [3.05, 3.63) is 29.8 Å². The maximum absolute atomic E-state index is 9.94. The van der Waals surface area contributed by atoms with Crippen molar-refractivity contribution in [1.82, 2.24) is 0 Å². The summed E-state index contributed by atoms with van der Waals surface area (Å²) in [5, 5.41) is 9.94. The SMILES string of the molecule is CCCCCCCCOCC(O)c1cccc(N)c1. The average Bonchev–Trinajstić information content (AvgIpc) is 2.41. The topological polar surface area (TPSA) is 55.5 Å². The van der Waals surface area contributed by atoms with E-state index in [1.165, 1.54) is 32.1 Å². The largest absolute Gasteiger partial charge is 0.399 e. The number of benzene rings is 1. The Morgan fingerprint density at radius 1 is 1.16 bits per heavy atom. The number of hydrogen-bond donors (Lipinski definition) is 2. The average molecular weight is 265 g/mol. The second kappa shape index (κ2) is 9.82. The van der Waals surface area contributed by atoms with Crippen LogP contribution in [0.1, 0.15) is 57.1 Å². The van der Waals surface area contributed by atoms with E-state index in [0.29, 0.717) is 12.3 Å². The van der Waals surface area contributed by atoms with Gasteiger partial charge in [-0.1, -0.05) is 51.2 Å². The summed E-state index contributed by atoms with van der Waals surface area (Å²) in [5.41, 5.74) is 7.17. The van der Waals surface area contributed by atoms with Gasteiger partial charge in [0, 0.05) is 12.3 Å². The van der Waals surface area contributed by atoms with Gasteiger partial charge in [0.15, 0.2) is 0 Å². The third kappa shape index (κ3) is 7.19. The number of aliphatic hydroxyl groups is 1. The molecule has 3 heteroatoms. The van der Waals surface area contributed by atoms with Gasteiger partial charge in [-0.15, -0.1) is 0 Å². The highest BCUT2D eigenvalue weighted by molar-refractivity contribution is 5.41. The highest BCUT2D eigenvalue weighted by atomic mass is 16.5. The highest BCUT2D eigenvalue weighted by Gasteiger charge is 2.07. The smallest absolute Gasteiger partial charge is 0.102 e. The second-order valence-electron chi connectivity index (χ2n) is 5.03. The molecule has 0 radical (unpaired) electrons. The number of nitrogen functional groups attached to an aromatic ring is 1. The van der Waals surface area contributed by atoms with Crippen LogP contribution in [0.4, 0.5) is 5.69 Å². The highest BCUT2D eigenvalue weighted by Crippen LogP contribution is 2.16. The molecule has 108 valence electrons. The lowest BCUT2D eigenvalue weighted by Crippen LogP contribution is -2.08. The van der Waals surface area contributed by atoms with Crippen LogP contribution in [-0.4, -0.2) is 18.3 Å². The fourth-order valence-corrected chi connectivity index (χ4v) is 2.04. The number of rotatable bonds is 10. The van der Waals surface area contributed by atoms with Crippen LogP contribution in [0.3, 0.4) is 0 Å². The summed E-state index contributed by atoms with van der Waals surface area (Å²) >= 11 is 0. The van der Waals surface area contributed by atoms with E-state index in [2.05, 4.69) is 6.92 Å². The van der Waals surface area contributed by atoms with Crippen molar-refractivity contribution in [1.29, 1.82) is 0 Å². The zero-order valence-electron chi connectivity index (χ0n) is 12.0. The Hall–Kier alpha value is -1.06. The molecule has 0 amide bonds. The van der Waals surface area contributed by atoms with Crippen LogP contribution in [0.25, 0.3) is 0 Å². The minimum absolute atomic E-state index is 0.346. The lowest BCUT2D eigenvalue weighted by molar-refractivity contribution is 0.0344. The van der Waals surface area contributed by atoms with Crippen molar-refractivity contribution in [2.24, 2.45) is 0 Å². The summed E-state index contributed by atoms with van der Waals surface area (Å²) in [6.07, 6.45) is 6.93. The first-order valence-corrected chi connectivity index (χ1v) is 7.35. The molecule has 1 aromatic rings. The van der Waals surface area contributed by atoms with Gasteiger partial charge in [-0.05, 0) is 24.1 Å². The van der Waals surface area contributed by atoms with Gasteiger partial charge in [0.05, 0.1) is 6.61 Å². The molecule has 0 aromatic heterocycles. The maximum Gasteiger partial charge on any atom is 0.102 e. The number of anilines is 1. The summed E-state index contributed by atoms with van der Waals surface area (Å²) in [5.74, 6) is 0. The van der Waals surface area contributed by atoms with Gasteiger partial charge in [-0.2, -0.15) is 0 Å². The molecule has 1 rings (SSSR count). The van der Waals surface area contributed by atoms with Crippen LogP contribution in [0.5, 0.6) is 0 Å². The Morgan fingerprint density at radius 3 is 2.63 bits per heavy atom. The molecule has 0 bridgehead atoms. The van der Waals surface area contributed by atoms with E-state index in [1.807, 2.05) is 18.2 Å². The second-order valence-corrected chi connectivity index (χ2v) is 5.03. The Balaban J connectivity index is 2.06. The summed E-state index contributed by atoms with van der Waals surface area (Å²) in [6, 6.07) is 7.32. The first kappa shape index (κ1) is 16.0. The number of unbranched alkanes of at least 4 members (excludes halogenated alkanes) is 5. The molecule has 1 unspecified atom stereocenters. The van der Waals surface area contributed by atoms with E-state index < -0.39 is 6.10 Å². The minimum atomic E-state index is -0.580. The fourth-order valence-electron chi connectivity index (χ4n) is 2.04. The summed E-state index contributed by atoms with van der Waals surface area (Å²) in [6.45, 7) is 3.30. The molecule has 0 spiro atoms. The Bertz CT molecular complexity index is 341. The normalized spacial score (nSPS) is 12.5. The third-order valence-electron chi connectivity index (χ3n) is 3.21. The van der Waals surface area contributed by atoms with Crippen molar-refractivity contribution in [3.8, 4) is 0 Å². The van der Waals surface area contributed by atoms with E-state index in [-0.39, 0.29) is 0 Å². The lowest BCUT2D eigenvalue weighted by atomic mass is 10.1. The molecule has 0 fully saturated rings. The molecule has 0 saturated carbocycles. The molecule has 0 aliphatic carbocycles. The van der Waals surface area contributed by atoms with E-state index in [9.17, 15) is 5.11 Å². The van der Waals surface area contributed by atoms with Gasteiger partial charge < -0.3 is 15.6 Å². The molecule has 0 saturated heterocycles. The van der Waals surface area contributed by atoms with Gasteiger partial charge in [-0.3, -0.25) is 0 Å². The predicted octanol–water partition coefficient (Wildman–Crippen LogP) is 3.68. The van der Waals surface area contributed by atoms with Crippen molar-refractivity contribution in [2.75, 3.05) is 18.9 Å². The first-order valence-electron chi connectivity index (χ1n) is 7.35. The molecular formula is C16H27NO2. The zero-order valence-corrected chi connectivity index (χ0v) is 12.0. The quantitative estimate of drug-likeness (QED) is 0.501. The van der Waals surface area contributed by atoms with Crippen molar-refractivity contribution < 1.29 is 9.84 Å². The van der Waals surface area contributed by atoms with Gasteiger partial charge in [0.2, 0.25) is 0 Å². The maximum atomic E-state index is 9.94. The summed E-state index contributed by atoms with van der Waals surface area (Å²) < 4.78 is 5.51. The Kier molecular flexibility index (Phi) is 8.26. The van der Waals surface area contributed by atoms with Gasteiger partial charge in [0.1, 0.15) is 6.10 Å². The number of ether oxygens (including phenoxy) is 1. The van der Waals surface area contributed by atoms with Gasteiger partial charge in [-0.25, -0.2) is 0 Å². The fraction of sp³-hybridized carbons (Fsp3) is 0.625. The predicted molar refractivity (Wildman–Crippen MR) is 80.0 cm³/mol. The molecule has 3 N–H and O–H groups in total. The van der Waals surface area contributed by atoms with Gasteiger partial charge >= 0.3 is 0 Å². The monoisotopic (exact) mass is 265 g/mol. The molecule has 1 aromatic carbocycles. The van der Waals surface area contributed by atoms with Crippen molar-refractivity contribution >= 4 is 5.69 Å². The van der Waals surface area contributed by atoms with E-state index >= 15 is 0 Å². The number of nitrogens with two attached hydrogens (primary N) is 1. The van der Waals surface area contributed by atoms with Crippen molar-refractivity contribution in [2.45, 2.75) is 51.6 Å². The van der Waals surface area contributed by atoms with Crippen LogP contribution >= 0.6 is 0 Å². The summed E-state index contributed by atoms with van der Waals surface area (Å²) in [4.78, 5) is 0. The standard InChI is InChI=1S/C16H27NO2/c1-2-3-4-5-6-7-11-19-13-16(18)14-9-8-10-15(17)12-14/h8-10,12,16,18H,2-7,11,13,17H2,1H3. The molecule has 0 aliphatic rings. The summed E-state index contributed by atoms with van der Waals surface area (Å²) in [7, 11) is 0. The van der Waals surface area contributed by atoms with Crippen LogP contribution < -0.4 is 5.73 Å². The molecule has 19 heavy (non-hydrogen) atoms. The first-order chi connectivity index (χ1) is 9.24. The molecule has 1 atom stereocenters. The Morgan fingerprint density at radius 2 is 1.89 bits per heavy atom. The number of hydrogen-bond acceptors (Lipinski definition) is 3. The number of aliphatic hydroxyl groups excluding tert-OH is 1. The van der Waals surface area contributed by atoms with Crippen LogP contribution in [0.15, 0.2) is 24.3 Å². The van der Waals surface area contributed by atoms with E-state index in [0.717, 1.165) is 18.6 Å². The molecule has 0 heterocycles. The van der Waals surface area contributed by atoms with E-state index in [4.69, 9.17) is 10.5 Å². The lowest BCUT2D eigenvalue weighted by Gasteiger charge is -2.12. The minimum Gasteiger partial charge on any atom is -0.399 e. The van der Waals surface area contributed by atoms with Crippen LogP contribution in [0, 0.1) is 0 Å².